The van der Waals surface area contributed by atoms with Gasteiger partial charge < -0.3 is 14.2 Å². The molecule has 166 valence electrons. The van der Waals surface area contributed by atoms with Crippen LogP contribution in [-0.4, -0.2) is 16.0 Å². The summed E-state index contributed by atoms with van der Waals surface area (Å²) in [4.78, 5) is 16.6. The van der Waals surface area contributed by atoms with E-state index in [-0.39, 0.29) is 11.0 Å². The second-order valence-corrected chi connectivity index (χ2v) is 7.85. The number of thiocarbonyl (C=S) groups is 1. The van der Waals surface area contributed by atoms with Crippen molar-refractivity contribution >= 4 is 46.1 Å². The van der Waals surface area contributed by atoms with Gasteiger partial charge in [-0.1, -0.05) is 42.5 Å². The number of carbonyl (C=O) groups excluding carboxylic acids is 1. The maximum absolute atomic E-state index is 12.0. The summed E-state index contributed by atoms with van der Waals surface area (Å²) in [6, 6.07) is 27.2. The third kappa shape index (κ3) is 4.95. The van der Waals surface area contributed by atoms with Crippen molar-refractivity contribution in [3.8, 4) is 22.6 Å². The van der Waals surface area contributed by atoms with E-state index in [0.29, 0.717) is 28.4 Å². The molecule has 5 aromatic rings. The van der Waals surface area contributed by atoms with Gasteiger partial charge in [-0.15, -0.1) is 0 Å². The molecule has 34 heavy (non-hydrogen) atoms. The van der Waals surface area contributed by atoms with E-state index < -0.39 is 0 Å². The van der Waals surface area contributed by atoms with Crippen LogP contribution in [0.4, 0.5) is 5.69 Å². The first-order chi connectivity index (χ1) is 16.6. The average molecular weight is 466 g/mol. The highest BCUT2D eigenvalue weighted by Gasteiger charge is 2.10. The van der Waals surface area contributed by atoms with Crippen molar-refractivity contribution in [2.75, 3.05) is 5.32 Å². The number of oxazole rings is 1. The van der Waals surface area contributed by atoms with Crippen LogP contribution < -0.4 is 10.6 Å². The third-order valence-corrected chi connectivity index (χ3v) is 5.27. The number of amides is 1. The number of nitrogens with zero attached hydrogens (tertiary/aromatic N) is 1. The maximum Gasteiger partial charge on any atom is 0.250 e. The summed E-state index contributed by atoms with van der Waals surface area (Å²) in [6.07, 6.45) is 4.45. The predicted octanol–water partition coefficient (Wildman–Crippen LogP) is 6.28. The summed E-state index contributed by atoms with van der Waals surface area (Å²) < 4.78 is 11.1. The zero-order valence-electron chi connectivity index (χ0n) is 17.9. The van der Waals surface area contributed by atoms with E-state index in [1.165, 1.54) is 12.3 Å². The number of fused-ring (bicyclic) bond motifs is 1. The van der Waals surface area contributed by atoms with Crippen LogP contribution >= 0.6 is 12.2 Å². The van der Waals surface area contributed by atoms with Gasteiger partial charge in [0, 0.05) is 17.3 Å². The van der Waals surface area contributed by atoms with Gasteiger partial charge in [0.05, 0.1) is 6.26 Å². The molecule has 0 aliphatic carbocycles. The van der Waals surface area contributed by atoms with E-state index >= 15 is 0 Å². The van der Waals surface area contributed by atoms with Crippen molar-refractivity contribution in [2.24, 2.45) is 0 Å². The Labute approximate surface area is 200 Å². The number of furan rings is 1. The minimum Gasteiger partial charge on any atom is -0.465 e. The van der Waals surface area contributed by atoms with Crippen molar-refractivity contribution in [1.82, 2.24) is 10.3 Å². The average Bonchev–Trinajstić information content (AvgIpc) is 3.53. The molecule has 0 saturated heterocycles. The van der Waals surface area contributed by atoms with Crippen molar-refractivity contribution < 1.29 is 13.6 Å². The van der Waals surface area contributed by atoms with Gasteiger partial charge in [-0.05, 0) is 71.9 Å². The van der Waals surface area contributed by atoms with Gasteiger partial charge >= 0.3 is 0 Å². The van der Waals surface area contributed by atoms with Gasteiger partial charge in [-0.25, -0.2) is 4.98 Å². The highest BCUT2D eigenvalue weighted by Crippen LogP contribution is 2.28. The van der Waals surface area contributed by atoms with E-state index in [0.717, 1.165) is 16.7 Å². The van der Waals surface area contributed by atoms with E-state index in [2.05, 4.69) is 27.8 Å². The molecule has 7 heteroatoms. The molecule has 0 spiro atoms. The van der Waals surface area contributed by atoms with E-state index in [1.54, 1.807) is 18.2 Å². The second-order valence-electron chi connectivity index (χ2n) is 7.44. The van der Waals surface area contributed by atoms with Crippen LogP contribution in [0, 0.1) is 0 Å². The molecule has 0 atom stereocenters. The van der Waals surface area contributed by atoms with Crippen LogP contribution in [0.15, 0.2) is 106 Å². The lowest BCUT2D eigenvalue weighted by atomic mass is 10.0. The predicted molar refractivity (Wildman–Crippen MR) is 137 cm³/mol. The third-order valence-electron chi connectivity index (χ3n) is 5.06. The van der Waals surface area contributed by atoms with Gasteiger partial charge in [0.15, 0.2) is 10.7 Å². The Morgan fingerprint density at radius 3 is 2.41 bits per heavy atom. The first-order valence-corrected chi connectivity index (χ1v) is 10.9. The van der Waals surface area contributed by atoms with Crippen molar-refractivity contribution in [3.63, 3.8) is 0 Å². The number of nitrogens with one attached hydrogen (secondary N) is 2. The van der Waals surface area contributed by atoms with Gasteiger partial charge in [0.25, 0.3) is 0 Å². The highest BCUT2D eigenvalue weighted by molar-refractivity contribution is 7.80. The molecule has 0 unspecified atom stereocenters. The van der Waals surface area contributed by atoms with Crippen LogP contribution in [0.25, 0.3) is 39.8 Å². The summed E-state index contributed by atoms with van der Waals surface area (Å²) in [6.45, 7) is 0. The fraction of sp³-hybridized carbons (Fsp3) is 0. The van der Waals surface area contributed by atoms with E-state index in [1.807, 2.05) is 60.7 Å². The first kappa shape index (κ1) is 21.4. The lowest BCUT2D eigenvalue weighted by molar-refractivity contribution is -0.115. The fourth-order valence-electron chi connectivity index (χ4n) is 3.42. The van der Waals surface area contributed by atoms with Gasteiger partial charge in [-0.2, -0.15) is 0 Å². The molecule has 0 radical (unpaired) electrons. The summed E-state index contributed by atoms with van der Waals surface area (Å²) in [5.41, 5.74) is 5.19. The summed E-state index contributed by atoms with van der Waals surface area (Å²) >= 11 is 5.24. The molecule has 0 aliphatic rings. The van der Waals surface area contributed by atoms with Gasteiger partial charge in [-0.3, -0.25) is 10.1 Å². The Morgan fingerprint density at radius 2 is 1.65 bits per heavy atom. The monoisotopic (exact) mass is 465 g/mol. The van der Waals surface area contributed by atoms with Crippen LogP contribution in [-0.2, 0) is 4.79 Å². The van der Waals surface area contributed by atoms with Crippen LogP contribution in [0.3, 0.4) is 0 Å². The standard InChI is InChI=1S/C27H19N3O3S/c31-25(15-13-22-7-4-16-32-22)30-27(34)28-21-12-14-24-23(17-21)29-26(33-24)20-10-8-19(9-11-20)18-5-2-1-3-6-18/h1-17H,(H2,28,30,31,34)/b15-13+. The minimum absolute atomic E-state index is 0.175. The van der Waals surface area contributed by atoms with Crippen LogP contribution in [0.5, 0.6) is 0 Å². The lowest BCUT2D eigenvalue weighted by Crippen LogP contribution is -2.32. The van der Waals surface area contributed by atoms with Gasteiger partial charge in [0.2, 0.25) is 11.8 Å². The van der Waals surface area contributed by atoms with Gasteiger partial charge in [0.1, 0.15) is 11.3 Å². The maximum atomic E-state index is 12.0. The van der Waals surface area contributed by atoms with Crippen LogP contribution in [0.1, 0.15) is 5.76 Å². The molecule has 1 amide bonds. The normalized spacial score (nSPS) is 11.1. The fourth-order valence-corrected chi connectivity index (χ4v) is 3.64. The molecule has 2 heterocycles. The molecule has 2 N–H and O–H groups in total. The Hall–Kier alpha value is -4.49. The molecule has 0 saturated carbocycles. The molecule has 3 aromatic carbocycles. The SMILES string of the molecule is O=C(/C=C/c1ccco1)NC(=S)Nc1ccc2oc(-c3ccc(-c4ccccc4)cc3)nc2c1. The van der Waals surface area contributed by atoms with E-state index in [9.17, 15) is 4.79 Å². The Kier molecular flexibility index (Phi) is 6.01. The molecular weight excluding hydrogens is 446 g/mol. The van der Waals surface area contributed by atoms with Crippen molar-refractivity contribution in [2.45, 2.75) is 0 Å². The smallest absolute Gasteiger partial charge is 0.250 e. The number of aromatic nitrogens is 1. The minimum atomic E-state index is -0.363. The zero-order valence-corrected chi connectivity index (χ0v) is 18.7. The number of hydrogen-bond donors (Lipinski definition) is 2. The quantitative estimate of drug-likeness (QED) is 0.235. The topological polar surface area (TPSA) is 80.3 Å². The molecule has 0 bridgehead atoms. The summed E-state index contributed by atoms with van der Waals surface area (Å²) in [7, 11) is 0. The Balaban J connectivity index is 1.26. The van der Waals surface area contributed by atoms with E-state index in [4.69, 9.17) is 21.1 Å². The number of carbonyl (C=O) groups is 1. The number of benzene rings is 3. The molecule has 0 fully saturated rings. The second kappa shape index (κ2) is 9.56. The van der Waals surface area contributed by atoms with Crippen molar-refractivity contribution in [1.29, 1.82) is 0 Å². The lowest BCUT2D eigenvalue weighted by Gasteiger charge is -2.07. The number of rotatable bonds is 5. The summed E-state index contributed by atoms with van der Waals surface area (Å²) in [5.74, 6) is 0.749. The Morgan fingerprint density at radius 1 is 0.882 bits per heavy atom. The molecular formula is C27H19N3O3S. The highest BCUT2D eigenvalue weighted by atomic mass is 32.1. The summed E-state index contributed by atoms with van der Waals surface area (Å²) in [5, 5.41) is 5.77. The first-order valence-electron chi connectivity index (χ1n) is 10.5. The largest absolute Gasteiger partial charge is 0.465 e. The molecule has 5 rings (SSSR count). The molecule has 6 nitrogen and oxygen atoms in total. The molecule has 0 aliphatic heterocycles. The van der Waals surface area contributed by atoms with Crippen molar-refractivity contribution in [3.05, 3.63) is 103 Å². The number of anilines is 1. The molecule has 2 aromatic heterocycles. The number of hydrogen-bond acceptors (Lipinski definition) is 5. The van der Waals surface area contributed by atoms with Crippen LogP contribution in [0.2, 0.25) is 0 Å². The zero-order chi connectivity index (χ0) is 23.3. The Bertz CT molecular complexity index is 1470.